The first-order valence-corrected chi connectivity index (χ1v) is 10.7. The fraction of sp³-hybridized carbons (Fsp3) is 0.308. The third kappa shape index (κ3) is 4.44. The van der Waals surface area contributed by atoms with Crippen molar-refractivity contribution in [2.75, 3.05) is 7.11 Å². The molecule has 6 heteroatoms. The fourth-order valence-electron chi connectivity index (χ4n) is 4.14. The van der Waals surface area contributed by atoms with Crippen molar-refractivity contribution in [3.63, 3.8) is 0 Å². The number of fused-ring (bicyclic) bond motifs is 1. The highest BCUT2D eigenvalue weighted by atomic mass is 19.1. The molecule has 32 heavy (non-hydrogen) atoms. The van der Waals surface area contributed by atoms with Crippen molar-refractivity contribution >= 4 is 5.97 Å². The highest BCUT2D eigenvalue weighted by molar-refractivity contribution is 5.70. The van der Waals surface area contributed by atoms with Crippen LogP contribution in [0.5, 0.6) is 11.6 Å². The smallest absolute Gasteiger partial charge is 0.306 e. The van der Waals surface area contributed by atoms with Gasteiger partial charge in [0.2, 0.25) is 5.88 Å². The van der Waals surface area contributed by atoms with E-state index < -0.39 is 17.7 Å². The van der Waals surface area contributed by atoms with Crippen LogP contribution in [-0.2, 0) is 17.6 Å². The van der Waals surface area contributed by atoms with Gasteiger partial charge in [0.15, 0.2) is 0 Å². The zero-order valence-electron chi connectivity index (χ0n) is 18.4. The largest absolute Gasteiger partial charge is 0.485 e. The molecule has 2 unspecified atom stereocenters. The molecule has 0 saturated carbocycles. The average Bonchev–Trinajstić information content (AvgIpc) is 2.79. The van der Waals surface area contributed by atoms with Gasteiger partial charge < -0.3 is 14.6 Å². The maximum absolute atomic E-state index is 14.4. The second-order valence-electron chi connectivity index (χ2n) is 8.31. The number of benzene rings is 2. The van der Waals surface area contributed by atoms with Gasteiger partial charge in [0.1, 0.15) is 17.7 Å². The van der Waals surface area contributed by atoms with Crippen molar-refractivity contribution in [1.82, 2.24) is 4.98 Å². The van der Waals surface area contributed by atoms with Crippen LogP contribution in [0.3, 0.4) is 0 Å². The van der Waals surface area contributed by atoms with Crippen LogP contribution >= 0.6 is 0 Å². The lowest BCUT2D eigenvalue weighted by atomic mass is 9.92. The molecule has 1 aliphatic heterocycles. The van der Waals surface area contributed by atoms with Crippen LogP contribution in [0.2, 0.25) is 0 Å². The minimum Gasteiger partial charge on any atom is -0.485 e. The van der Waals surface area contributed by atoms with E-state index in [0.717, 1.165) is 46.4 Å². The van der Waals surface area contributed by atoms with Crippen LogP contribution in [0, 0.1) is 18.7 Å². The topological polar surface area (TPSA) is 68.7 Å². The summed E-state index contributed by atoms with van der Waals surface area (Å²) >= 11 is 0. The van der Waals surface area contributed by atoms with E-state index >= 15 is 0 Å². The Balaban J connectivity index is 1.57. The number of hydrogen-bond acceptors (Lipinski definition) is 4. The van der Waals surface area contributed by atoms with Crippen LogP contribution in [0.4, 0.5) is 4.39 Å². The molecule has 3 aromatic rings. The van der Waals surface area contributed by atoms with Gasteiger partial charge in [0.05, 0.1) is 19.2 Å². The first kappa shape index (κ1) is 21.8. The van der Waals surface area contributed by atoms with Crippen LogP contribution in [0.1, 0.15) is 41.7 Å². The van der Waals surface area contributed by atoms with Gasteiger partial charge >= 0.3 is 5.97 Å². The number of nitrogens with zero attached hydrogens (tertiary/aromatic N) is 1. The van der Waals surface area contributed by atoms with Gasteiger partial charge in [-0.3, -0.25) is 4.79 Å². The number of aryl methyl sites for hydroxylation is 2. The van der Waals surface area contributed by atoms with Crippen molar-refractivity contribution < 1.29 is 23.8 Å². The molecule has 2 heterocycles. The second-order valence-corrected chi connectivity index (χ2v) is 8.31. The summed E-state index contributed by atoms with van der Waals surface area (Å²) in [5, 5.41) is 9.18. The first-order chi connectivity index (χ1) is 15.4. The minimum atomic E-state index is -0.805. The van der Waals surface area contributed by atoms with Crippen molar-refractivity contribution in [2.24, 2.45) is 5.92 Å². The molecular formula is C26H26FNO4. The number of aromatic nitrogens is 1. The normalized spacial score (nSPS) is 16.1. The Kier molecular flexibility index (Phi) is 6.12. The monoisotopic (exact) mass is 435 g/mol. The molecule has 2 atom stereocenters. The Morgan fingerprint density at radius 2 is 2.06 bits per heavy atom. The third-order valence-electron chi connectivity index (χ3n) is 5.99. The number of methoxy groups -OCH3 is 1. The molecule has 0 saturated heterocycles. The minimum absolute atomic E-state index is 0.112. The fourth-order valence-corrected chi connectivity index (χ4v) is 4.14. The Bertz CT molecular complexity index is 1160. The molecule has 1 aromatic heterocycles. The number of pyridine rings is 1. The van der Waals surface area contributed by atoms with Gasteiger partial charge in [-0.15, -0.1) is 0 Å². The predicted molar refractivity (Wildman–Crippen MR) is 120 cm³/mol. The second kappa shape index (κ2) is 8.99. The molecule has 0 bridgehead atoms. The number of aliphatic carboxylic acids is 1. The molecule has 2 aromatic carbocycles. The lowest BCUT2D eigenvalue weighted by molar-refractivity contribution is -0.141. The van der Waals surface area contributed by atoms with E-state index in [-0.39, 0.29) is 6.10 Å². The summed E-state index contributed by atoms with van der Waals surface area (Å²) in [6.07, 6.45) is 3.25. The summed E-state index contributed by atoms with van der Waals surface area (Å²) in [5.74, 6) is -0.476. The Labute approximate surface area is 186 Å². The van der Waals surface area contributed by atoms with Gasteiger partial charge in [0, 0.05) is 11.6 Å². The number of carboxylic acid groups (broad SMARTS) is 1. The van der Waals surface area contributed by atoms with Crippen LogP contribution in [-0.4, -0.2) is 23.2 Å². The quantitative estimate of drug-likeness (QED) is 0.551. The lowest BCUT2D eigenvalue weighted by Crippen LogP contribution is -2.16. The zero-order valence-corrected chi connectivity index (χ0v) is 18.4. The van der Waals surface area contributed by atoms with Gasteiger partial charge in [-0.25, -0.2) is 9.37 Å². The summed E-state index contributed by atoms with van der Waals surface area (Å²) in [7, 11) is 1.51. The molecule has 5 nitrogen and oxygen atoms in total. The lowest BCUT2D eigenvalue weighted by Gasteiger charge is -2.27. The number of carboxylic acids is 1. The number of rotatable bonds is 6. The third-order valence-corrected chi connectivity index (χ3v) is 5.99. The van der Waals surface area contributed by atoms with Gasteiger partial charge in [-0.1, -0.05) is 37.3 Å². The highest BCUT2D eigenvalue weighted by Crippen LogP contribution is 2.37. The van der Waals surface area contributed by atoms with E-state index in [1.54, 1.807) is 13.0 Å². The van der Waals surface area contributed by atoms with Crippen molar-refractivity contribution in [3.05, 3.63) is 76.7 Å². The number of halogens is 1. The molecule has 0 fully saturated rings. The molecule has 0 amide bonds. The average molecular weight is 435 g/mol. The Hall–Kier alpha value is -3.41. The zero-order chi connectivity index (χ0) is 22.8. The number of ether oxygens (including phenoxy) is 2. The van der Waals surface area contributed by atoms with E-state index in [2.05, 4.69) is 4.98 Å². The number of carbonyl (C=O) groups is 1. The molecule has 4 rings (SSSR count). The standard InChI is InChI=1S/C26H26FNO4/c1-15-11-19(6-8-20(15)21-13-25(31-3)28-14-22(21)27)23-9-7-18-5-4-17(12-24(18)32-23)10-16(2)26(29)30/h4-6,8,11-14,16,23H,7,9-10H2,1-3H3,(H,29,30). The van der Waals surface area contributed by atoms with Crippen LogP contribution in [0.15, 0.2) is 48.7 Å². The van der Waals surface area contributed by atoms with Gasteiger partial charge in [-0.05, 0) is 60.1 Å². The van der Waals surface area contributed by atoms with Crippen molar-refractivity contribution in [2.45, 2.75) is 39.2 Å². The first-order valence-electron chi connectivity index (χ1n) is 10.7. The molecular weight excluding hydrogens is 409 g/mol. The van der Waals surface area contributed by atoms with Crippen LogP contribution in [0.25, 0.3) is 11.1 Å². The molecule has 1 N–H and O–H groups in total. The van der Waals surface area contributed by atoms with Gasteiger partial charge in [-0.2, -0.15) is 0 Å². The molecule has 166 valence electrons. The maximum Gasteiger partial charge on any atom is 0.306 e. The Morgan fingerprint density at radius 3 is 2.78 bits per heavy atom. The predicted octanol–water partition coefficient (Wildman–Crippen LogP) is 5.53. The van der Waals surface area contributed by atoms with Gasteiger partial charge in [0.25, 0.3) is 0 Å². The van der Waals surface area contributed by atoms with Crippen molar-refractivity contribution in [1.29, 1.82) is 0 Å². The van der Waals surface area contributed by atoms with E-state index in [9.17, 15) is 14.3 Å². The summed E-state index contributed by atoms with van der Waals surface area (Å²) in [6, 6.07) is 13.5. The SMILES string of the molecule is COc1cc(-c2ccc(C3CCc4ccc(CC(C)C(=O)O)cc4O3)cc2C)c(F)cn1. The molecule has 0 spiro atoms. The summed E-state index contributed by atoms with van der Waals surface area (Å²) < 4.78 is 25.8. The number of hydrogen-bond donors (Lipinski definition) is 1. The molecule has 0 radical (unpaired) electrons. The van der Waals surface area contributed by atoms with E-state index in [0.29, 0.717) is 17.9 Å². The van der Waals surface area contributed by atoms with Crippen molar-refractivity contribution in [3.8, 4) is 22.8 Å². The molecule has 1 aliphatic rings. The highest BCUT2D eigenvalue weighted by Gasteiger charge is 2.23. The van der Waals surface area contributed by atoms with Crippen LogP contribution < -0.4 is 9.47 Å². The van der Waals surface area contributed by atoms with E-state index in [4.69, 9.17) is 9.47 Å². The summed E-state index contributed by atoms with van der Waals surface area (Å²) in [5.41, 5.74) is 5.29. The maximum atomic E-state index is 14.4. The molecule has 0 aliphatic carbocycles. The summed E-state index contributed by atoms with van der Waals surface area (Å²) in [6.45, 7) is 3.66. The summed E-state index contributed by atoms with van der Waals surface area (Å²) in [4.78, 5) is 15.1. The Morgan fingerprint density at radius 1 is 1.25 bits per heavy atom. The van der Waals surface area contributed by atoms with E-state index in [1.165, 1.54) is 13.3 Å². The van der Waals surface area contributed by atoms with E-state index in [1.807, 2.05) is 43.3 Å².